The molecular formula is C35H34F3N5O3. The quantitative estimate of drug-likeness (QED) is 0.279. The van der Waals surface area contributed by atoms with Gasteiger partial charge in [0.25, 0.3) is 0 Å². The maximum Gasteiger partial charge on any atom is 0.319 e. The summed E-state index contributed by atoms with van der Waals surface area (Å²) in [7, 11) is 0. The zero-order valence-electron chi connectivity index (χ0n) is 25.4. The molecule has 4 fully saturated rings. The highest BCUT2D eigenvalue weighted by molar-refractivity contribution is 6.03. The van der Waals surface area contributed by atoms with Crippen LogP contribution in [0.1, 0.15) is 44.1 Å². The molecule has 8 nitrogen and oxygen atoms in total. The minimum absolute atomic E-state index is 0.000182. The second-order valence-electron chi connectivity index (χ2n) is 13.4. The molecular weight excluding hydrogens is 595 g/mol. The van der Waals surface area contributed by atoms with Crippen molar-refractivity contribution >= 4 is 27.5 Å². The first-order valence-corrected chi connectivity index (χ1v) is 15.9. The lowest BCUT2D eigenvalue weighted by Crippen LogP contribution is -2.44. The van der Waals surface area contributed by atoms with Crippen LogP contribution in [-0.2, 0) is 4.74 Å². The van der Waals surface area contributed by atoms with Crippen LogP contribution < -0.4 is 9.64 Å². The highest BCUT2D eigenvalue weighted by atomic mass is 19.1. The molecule has 8 rings (SSSR count). The van der Waals surface area contributed by atoms with Crippen LogP contribution in [-0.4, -0.2) is 82.7 Å². The number of alkyl halides is 1. The number of hydrogen-bond donors (Lipinski definition) is 1. The molecule has 2 aromatic carbocycles. The van der Waals surface area contributed by atoms with Gasteiger partial charge in [-0.2, -0.15) is 9.97 Å². The van der Waals surface area contributed by atoms with Crippen LogP contribution in [0.25, 0.3) is 32.9 Å². The number of phenolic OH excluding ortho intramolecular Hbond substituents is 1. The standard InChI is InChI=1S/C35H34F3N5O3/c1-2-24-27(37)6-5-21-13-23(44)14-25(28(21)24)30-29(38)31-26(16-39-30)32(42-11-12-45-19-34(18-42)7-3-8-34)41-33(40-31)46-20-35-9-4-10-43(35)17-22(36)15-35/h1,5-6,13-14,16,22,44H,3-4,7-12,15,17-20H2/t22-,35+/m1/s1. The van der Waals surface area contributed by atoms with Crippen molar-refractivity contribution in [1.29, 1.82) is 0 Å². The van der Waals surface area contributed by atoms with Gasteiger partial charge in [0.2, 0.25) is 0 Å². The van der Waals surface area contributed by atoms with Gasteiger partial charge in [-0.3, -0.25) is 9.88 Å². The molecule has 1 N–H and O–H groups in total. The Kier molecular flexibility index (Phi) is 6.99. The molecule has 11 heteroatoms. The first kappa shape index (κ1) is 29.3. The zero-order chi connectivity index (χ0) is 31.6. The molecule has 0 unspecified atom stereocenters. The van der Waals surface area contributed by atoms with Crippen LogP contribution in [0.15, 0.2) is 30.5 Å². The van der Waals surface area contributed by atoms with Gasteiger partial charge < -0.3 is 19.5 Å². The average molecular weight is 630 g/mol. The Morgan fingerprint density at radius 3 is 2.80 bits per heavy atom. The van der Waals surface area contributed by atoms with E-state index in [0.717, 1.165) is 38.6 Å². The lowest BCUT2D eigenvalue weighted by Gasteiger charge is -2.43. The number of rotatable bonds is 5. The maximum absolute atomic E-state index is 16.9. The molecule has 238 valence electrons. The normalized spacial score (nSPS) is 24.2. The molecule has 1 aliphatic carbocycles. The summed E-state index contributed by atoms with van der Waals surface area (Å²) >= 11 is 0. The summed E-state index contributed by atoms with van der Waals surface area (Å²) in [5.74, 6) is 1.29. The number of hydrogen-bond acceptors (Lipinski definition) is 8. The Bertz CT molecular complexity index is 1910. The van der Waals surface area contributed by atoms with Crippen molar-refractivity contribution in [3.63, 3.8) is 0 Å². The molecule has 4 aromatic rings. The highest BCUT2D eigenvalue weighted by Gasteiger charge is 2.49. The Hall–Kier alpha value is -4.14. The predicted octanol–water partition coefficient (Wildman–Crippen LogP) is 5.77. The van der Waals surface area contributed by atoms with Gasteiger partial charge in [0.1, 0.15) is 41.4 Å². The number of aromatic hydroxyl groups is 1. The van der Waals surface area contributed by atoms with E-state index < -0.39 is 23.3 Å². The summed E-state index contributed by atoms with van der Waals surface area (Å²) in [6.07, 6.45) is 11.6. The van der Waals surface area contributed by atoms with E-state index in [-0.39, 0.29) is 51.5 Å². The van der Waals surface area contributed by atoms with Crippen molar-refractivity contribution in [2.24, 2.45) is 5.41 Å². The van der Waals surface area contributed by atoms with Crippen molar-refractivity contribution < 1.29 is 27.8 Å². The Morgan fingerprint density at radius 2 is 2.00 bits per heavy atom. The van der Waals surface area contributed by atoms with Crippen molar-refractivity contribution in [2.45, 2.75) is 50.2 Å². The number of anilines is 1. The largest absolute Gasteiger partial charge is 0.508 e. The number of halogens is 3. The number of aromatic nitrogens is 3. The Balaban J connectivity index is 1.28. The molecule has 0 radical (unpaired) electrons. The van der Waals surface area contributed by atoms with Gasteiger partial charge in [-0.05, 0) is 55.8 Å². The number of phenols is 1. The minimum Gasteiger partial charge on any atom is -0.508 e. The lowest BCUT2D eigenvalue weighted by atomic mass is 9.69. The Morgan fingerprint density at radius 1 is 1.13 bits per heavy atom. The van der Waals surface area contributed by atoms with Gasteiger partial charge in [0, 0.05) is 48.6 Å². The van der Waals surface area contributed by atoms with Crippen LogP contribution >= 0.6 is 0 Å². The monoisotopic (exact) mass is 629 g/mol. The van der Waals surface area contributed by atoms with Crippen LogP contribution in [0.4, 0.5) is 19.0 Å². The lowest BCUT2D eigenvalue weighted by molar-refractivity contribution is 0.0187. The van der Waals surface area contributed by atoms with E-state index in [4.69, 9.17) is 20.9 Å². The van der Waals surface area contributed by atoms with E-state index in [1.807, 2.05) is 0 Å². The fourth-order valence-corrected chi connectivity index (χ4v) is 8.07. The second kappa shape index (κ2) is 11.0. The number of fused-ring (bicyclic) bond motifs is 3. The highest BCUT2D eigenvalue weighted by Crippen LogP contribution is 2.45. The molecule has 3 aliphatic heterocycles. The molecule has 2 atom stereocenters. The Labute approximate surface area is 264 Å². The number of pyridine rings is 1. The van der Waals surface area contributed by atoms with Crippen molar-refractivity contribution in [2.75, 3.05) is 50.9 Å². The smallest absolute Gasteiger partial charge is 0.319 e. The third kappa shape index (κ3) is 4.73. The van der Waals surface area contributed by atoms with E-state index >= 15 is 4.39 Å². The average Bonchev–Trinajstić information content (AvgIpc) is 3.44. The van der Waals surface area contributed by atoms with Crippen LogP contribution in [0, 0.1) is 29.4 Å². The SMILES string of the molecule is C#Cc1c(F)ccc2cc(O)cc(-c3ncc4c(N5CCOCC6(CCC6)C5)nc(OC[C@@]56CCCN5C[C@H](F)C6)nc4c3F)c12. The maximum atomic E-state index is 16.9. The van der Waals surface area contributed by atoms with Crippen molar-refractivity contribution in [1.82, 2.24) is 19.9 Å². The summed E-state index contributed by atoms with van der Waals surface area (Å²) < 4.78 is 58.4. The minimum atomic E-state index is -0.923. The van der Waals surface area contributed by atoms with Crippen LogP contribution in [0.2, 0.25) is 0 Å². The molecule has 3 saturated heterocycles. The topological polar surface area (TPSA) is 83.8 Å². The van der Waals surface area contributed by atoms with E-state index in [1.165, 1.54) is 30.5 Å². The van der Waals surface area contributed by atoms with Gasteiger partial charge >= 0.3 is 6.01 Å². The fourth-order valence-electron chi connectivity index (χ4n) is 8.07. The van der Waals surface area contributed by atoms with Crippen molar-refractivity contribution in [3.05, 3.63) is 47.7 Å². The molecule has 2 aromatic heterocycles. The molecule has 0 bridgehead atoms. The summed E-state index contributed by atoms with van der Waals surface area (Å²) in [6.45, 7) is 3.76. The van der Waals surface area contributed by atoms with Gasteiger partial charge in [-0.15, -0.1) is 6.42 Å². The van der Waals surface area contributed by atoms with E-state index in [9.17, 15) is 13.9 Å². The second-order valence-corrected chi connectivity index (χ2v) is 13.4. The summed E-state index contributed by atoms with van der Waals surface area (Å²) in [6, 6.07) is 5.46. The van der Waals surface area contributed by atoms with E-state index in [0.29, 0.717) is 55.9 Å². The fraction of sp³-hybridized carbons (Fsp3) is 0.457. The summed E-state index contributed by atoms with van der Waals surface area (Å²) in [5, 5.41) is 11.6. The van der Waals surface area contributed by atoms with Gasteiger partial charge in [-0.1, -0.05) is 18.4 Å². The van der Waals surface area contributed by atoms with Gasteiger partial charge in [0.15, 0.2) is 5.82 Å². The molecule has 4 aliphatic rings. The molecule has 46 heavy (non-hydrogen) atoms. The first-order chi connectivity index (χ1) is 22.3. The summed E-state index contributed by atoms with van der Waals surface area (Å²) in [4.78, 5) is 18.2. The number of nitrogens with zero attached hydrogens (tertiary/aromatic N) is 5. The number of benzene rings is 2. The zero-order valence-corrected chi connectivity index (χ0v) is 25.4. The summed E-state index contributed by atoms with van der Waals surface area (Å²) in [5.41, 5.74) is -0.523. The van der Waals surface area contributed by atoms with E-state index in [1.54, 1.807) is 0 Å². The van der Waals surface area contributed by atoms with Crippen molar-refractivity contribution in [3.8, 4) is 35.4 Å². The van der Waals surface area contributed by atoms with Gasteiger partial charge in [-0.25, -0.2) is 13.2 Å². The third-order valence-corrected chi connectivity index (χ3v) is 10.5. The van der Waals surface area contributed by atoms with Crippen LogP contribution in [0.3, 0.4) is 0 Å². The number of terminal acetylenes is 1. The molecule has 0 amide bonds. The molecule has 1 spiro atoms. The van der Waals surface area contributed by atoms with E-state index in [2.05, 4.69) is 25.7 Å². The molecule has 1 saturated carbocycles. The first-order valence-electron chi connectivity index (χ1n) is 15.9. The van der Waals surface area contributed by atoms with Gasteiger partial charge in [0.05, 0.1) is 29.7 Å². The predicted molar refractivity (Wildman–Crippen MR) is 168 cm³/mol. The van der Waals surface area contributed by atoms with Crippen LogP contribution in [0.5, 0.6) is 11.8 Å². The third-order valence-electron chi connectivity index (χ3n) is 10.5. The number of ether oxygens (including phenoxy) is 2. The molecule has 5 heterocycles.